The van der Waals surface area contributed by atoms with Gasteiger partial charge < -0.3 is 19.2 Å². The fourth-order valence-corrected chi connectivity index (χ4v) is 7.36. The highest BCUT2D eigenvalue weighted by Gasteiger charge is 2.56. The molecule has 2 aliphatic rings. The number of hydrogen-bond donors (Lipinski definition) is 1. The van der Waals surface area contributed by atoms with Crippen LogP contribution in [0.25, 0.3) is 0 Å². The SMILES string of the molecule is CCOC(=O)c1ccc(N2C(=O)C3Sc4[nH]c(=O)sc4[C@H](c4ccc(OCC(C)C)c(OC)c4)C3C2=O)cc1. The third kappa shape index (κ3) is 4.96. The second-order valence-electron chi connectivity index (χ2n) is 9.64. The number of benzene rings is 2. The molecule has 2 aromatic carbocycles. The molecular weight excluding hydrogens is 540 g/mol. The van der Waals surface area contributed by atoms with E-state index in [1.54, 1.807) is 32.2 Å². The first-order chi connectivity index (χ1) is 18.7. The molecular formula is C28H28N2O7S2. The van der Waals surface area contributed by atoms with Crippen LogP contribution in [0.5, 0.6) is 11.5 Å². The van der Waals surface area contributed by atoms with E-state index in [-0.39, 0.29) is 23.3 Å². The number of fused-ring (bicyclic) bond motifs is 2. The molecule has 0 bridgehead atoms. The van der Waals surface area contributed by atoms with Gasteiger partial charge in [0.05, 0.1) is 42.5 Å². The second-order valence-corrected chi connectivity index (χ2v) is 11.8. The molecule has 0 saturated carbocycles. The van der Waals surface area contributed by atoms with Crippen molar-refractivity contribution in [3.8, 4) is 11.5 Å². The first kappa shape index (κ1) is 27.0. The zero-order valence-corrected chi connectivity index (χ0v) is 23.5. The van der Waals surface area contributed by atoms with E-state index in [2.05, 4.69) is 18.8 Å². The number of hydrogen-bond acceptors (Lipinski definition) is 9. The minimum atomic E-state index is -0.738. The molecule has 0 radical (unpaired) electrons. The van der Waals surface area contributed by atoms with E-state index in [1.807, 2.05) is 12.1 Å². The number of carbonyl (C=O) groups is 3. The number of carbonyl (C=O) groups excluding carboxylic acids is 3. The van der Waals surface area contributed by atoms with Crippen LogP contribution in [0.4, 0.5) is 5.69 Å². The van der Waals surface area contributed by atoms with Crippen molar-refractivity contribution in [2.75, 3.05) is 25.2 Å². The summed E-state index contributed by atoms with van der Waals surface area (Å²) in [5.74, 6) is -1.07. The first-order valence-electron chi connectivity index (χ1n) is 12.6. The van der Waals surface area contributed by atoms with Crippen LogP contribution in [-0.2, 0) is 14.3 Å². The highest BCUT2D eigenvalue weighted by atomic mass is 32.2. The normalized spacial score (nSPS) is 20.1. The number of ether oxygens (including phenoxy) is 3. The number of amides is 2. The van der Waals surface area contributed by atoms with Gasteiger partial charge in [0.15, 0.2) is 11.5 Å². The lowest BCUT2D eigenvalue weighted by Gasteiger charge is -2.30. The van der Waals surface area contributed by atoms with Crippen LogP contribution >= 0.6 is 23.1 Å². The Morgan fingerprint density at radius 1 is 1.05 bits per heavy atom. The maximum atomic E-state index is 13.9. The van der Waals surface area contributed by atoms with Crippen LogP contribution in [0.1, 0.15) is 47.5 Å². The zero-order chi connectivity index (χ0) is 27.8. The molecule has 5 rings (SSSR count). The number of methoxy groups -OCH3 is 1. The number of thioether (sulfide) groups is 1. The monoisotopic (exact) mass is 568 g/mol. The largest absolute Gasteiger partial charge is 0.493 e. The Balaban J connectivity index is 1.53. The summed E-state index contributed by atoms with van der Waals surface area (Å²) < 4.78 is 16.5. The average molecular weight is 569 g/mol. The lowest BCUT2D eigenvalue weighted by atomic mass is 9.83. The van der Waals surface area contributed by atoms with Crippen molar-refractivity contribution in [2.45, 2.75) is 37.0 Å². The highest BCUT2D eigenvalue weighted by molar-refractivity contribution is 8.00. The number of rotatable bonds is 8. The molecule has 1 N–H and O–H groups in total. The van der Waals surface area contributed by atoms with Crippen LogP contribution in [0, 0.1) is 11.8 Å². The lowest BCUT2D eigenvalue weighted by Crippen LogP contribution is -2.32. The predicted octanol–water partition coefficient (Wildman–Crippen LogP) is 4.45. The quantitative estimate of drug-likeness (QED) is 0.313. The van der Waals surface area contributed by atoms with Crippen LogP contribution in [0.15, 0.2) is 52.3 Å². The summed E-state index contributed by atoms with van der Waals surface area (Å²) in [6, 6.07) is 11.7. The van der Waals surface area contributed by atoms with Gasteiger partial charge in [0.25, 0.3) is 0 Å². The number of esters is 1. The Morgan fingerprint density at radius 3 is 2.46 bits per heavy atom. The maximum absolute atomic E-state index is 13.9. The molecule has 3 aromatic rings. The number of thiazole rings is 1. The number of aromatic amines is 1. The van der Waals surface area contributed by atoms with Crippen LogP contribution in [0.3, 0.4) is 0 Å². The predicted molar refractivity (Wildman–Crippen MR) is 148 cm³/mol. The fourth-order valence-electron chi connectivity index (χ4n) is 4.84. The van der Waals surface area contributed by atoms with E-state index in [0.717, 1.165) is 16.9 Å². The van der Waals surface area contributed by atoms with Gasteiger partial charge in [-0.15, -0.1) is 0 Å². The third-order valence-corrected chi connectivity index (χ3v) is 8.98. The molecule has 0 aliphatic carbocycles. The van der Waals surface area contributed by atoms with E-state index in [9.17, 15) is 19.2 Å². The van der Waals surface area contributed by atoms with Gasteiger partial charge >= 0.3 is 10.8 Å². The zero-order valence-electron chi connectivity index (χ0n) is 21.9. The summed E-state index contributed by atoms with van der Waals surface area (Å²) in [4.78, 5) is 56.5. The molecule has 2 unspecified atom stereocenters. The average Bonchev–Trinajstić information content (AvgIpc) is 3.41. The molecule has 1 fully saturated rings. The Bertz CT molecular complexity index is 1480. The number of nitrogens with zero attached hydrogens (tertiary/aromatic N) is 1. The van der Waals surface area contributed by atoms with Crippen molar-refractivity contribution < 1.29 is 28.6 Å². The molecule has 204 valence electrons. The van der Waals surface area contributed by atoms with Gasteiger partial charge in [-0.1, -0.05) is 43.0 Å². The van der Waals surface area contributed by atoms with Gasteiger partial charge in [0.1, 0.15) is 5.25 Å². The third-order valence-electron chi connectivity index (χ3n) is 6.58. The van der Waals surface area contributed by atoms with Crippen LogP contribution in [-0.4, -0.2) is 48.3 Å². The van der Waals surface area contributed by atoms with Gasteiger partial charge in [-0.2, -0.15) is 0 Å². The summed E-state index contributed by atoms with van der Waals surface area (Å²) in [6.07, 6.45) is 0. The molecule has 0 spiro atoms. The topological polar surface area (TPSA) is 115 Å². The second kappa shape index (κ2) is 10.9. The van der Waals surface area contributed by atoms with E-state index >= 15 is 0 Å². The number of anilines is 1. The molecule has 39 heavy (non-hydrogen) atoms. The molecule has 3 atom stereocenters. The molecule has 2 aliphatic heterocycles. The van der Waals surface area contributed by atoms with Crippen LogP contribution in [0.2, 0.25) is 0 Å². The molecule has 1 aromatic heterocycles. The van der Waals surface area contributed by atoms with E-state index in [0.29, 0.717) is 45.2 Å². The first-order valence-corrected chi connectivity index (χ1v) is 14.3. The number of nitrogens with one attached hydrogen (secondary N) is 1. The summed E-state index contributed by atoms with van der Waals surface area (Å²) in [7, 11) is 1.55. The number of imide groups is 1. The van der Waals surface area contributed by atoms with E-state index in [4.69, 9.17) is 14.2 Å². The van der Waals surface area contributed by atoms with E-state index in [1.165, 1.54) is 28.8 Å². The summed E-state index contributed by atoms with van der Waals surface area (Å²) in [5, 5.41) is -0.135. The van der Waals surface area contributed by atoms with Crippen molar-refractivity contribution in [1.82, 2.24) is 4.98 Å². The van der Waals surface area contributed by atoms with Crippen molar-refractivity contribution in [3.05, 3.63) is 68.1 Å². The Kier molecular flexibility index (Phi) is 7.55. The lowest BCUT2D eigenvalue weighted by molar-refractivity contribution is -0.122. The molecule has 11 heteroatoms. The Hall–Kier alpha value is -3.57. The molecule has 9 nitrogen and oxygen atoms in total. The highest BCUT2D eigenvalue weighted by Crippen LogP contribution is 2.53. The minimum absolute atomic E-state index is 0.243. The Morgan fingerprint density at radius 2 is 1.79 bits per heavy atom. The number of H-pyrrole nitrogens is 1. The van der Waals surface area contributed by atoms with Crippen molar-refractivity contribution in [3.63, 3.8) is 0 Å². The summed E-state index contributed by atoms with van der Waals surface area (Å²) >= 11 is 2.26. The van der Waals surface area contributed by atoms with Crippen LogP contribution < -0.4 is 19.2 Å². The van der Waals surface area contributed by atoms with Crippen molar-refractivity contribution in [2.24, 2.45) is 11.8 Å². The molecule has 2 amide bonds. The standard InChI is InChI=1S/C28H28N2O7S2/c1-5-36-27(33)15-6-9-17(10-7-15)30-25(31)21-20(22-24(29-28(34)39-22)38-23(21)26(30)32)16-8-11-18(19(12-16)35-4)37-13-14(2)3/h6-12,14,20-21,23H,5,13H2,1-4H3,(H,29,34)/t20-,21?,23?/m1/s1. The van der Waals surface area contributed by atoms with Gasteiger partial charge in [-0.05, 0) is 54.8 Å². The van der Waals surface area contributed by atoms with Gasteiger partial charge in [-0.25, -0.2) is 9.69 Å². The van der Waals surface area contributed by atoms with Crippen molar-refractivity contribution in [1.29, 1.82) is 0 Å². The fraction of sp³-hybridized carbons (Fsp3) is 0.357. The summed E-state index contributed by atoms with van der Waals surface area (Å²) in [6.45, 7) is 6.58. The Labute approximate surface area is 233 Å². The van der Waals surface area contributed by atoms with Gasteiger partial charge in [-0.3, -0.25) is 14.4 Å². The maximum Gasteiger partial charge on any atom is 0.338 e. The van der Waals surface area contributed by atoms with Crippen molar-refractivity contribution >= 4 is 46.6 Å². The smallest absolute Gasteiger partial charge is 0.338 e. The summed E-state index contributed by atoms with van der Waals surface area (Å²) in [5.41, 5.74) is 1.45. The molecule has 3 heterocycles. The molecule has 1 saturated heterocycles. The van der Waals surface area contributed by atoms with Gasteiger partial charge in [0.2, 0.25) is 11.8 Å². The number of aromatic nitrogens is 1. The van der Waals surface area contributed by atoms with Gasteiger partial charge in [0, 0.05) is 10.8 Å². The van der Waals surface area contributed by atoms with E-state index < -0.39 is 23.1 Å². The minimum Gasteiger partial charge on any atom is -0.493 e.